The molecule has 2 bridgehead atoms. The Morgan fingerprint density at radius 2 is 1.91 bits per heavy atom. The van der Waals surface area contributed by atoms with E-state index in [4.69, 9.17) is 4.74 Å². The largest absolute Gasteiger partial charge is 0.452 e. The van der Waals surface area contributed by atoms with E-state index in [2.05, 4.69) is 0 Å². The summed E-state index contributed by atoms with van der Waals surface area (Å²) in [4.78, 5) is 14.1. The topological polar surface area (TPSA) is 49.8 Å². The van der Waals surface area contributed by atoms with Gasteiger partial charge in [0.15, 0.2) is 0 Å². The van der Waals surface area contributed by atoms with Crippen molar-refractivity contribution in [3.05, 3.63) is 41.6 Å². The lowest BCUT2D eigenvalue weighted by atomic mass is 9.63. The van der Waals surface area contributed by atoms with Gasteiger partial charge in [-0.1, -0.05) is 18.2 Å². The van der Waals surface area contributed by atoms with Crippen LogP contribution >= 0.6 is 0 Å². The van der Waals surface area contributed by atoms with Crippen LogP contribution in [0.3, 0.4) is 0 Å². The van der Waals surface area contributed by atoms with Crippen LogP contribution in [-0.4, -0.2) is 24.9 Å². The summed E-state index contributed by atoms with van der Waals surface area (Å²) >= 11 is 0. The lowest BCUT2D eigenvalue weighted by Crippen LogP contribution is -2.47. The van der Waals surface area contributed by atoms with Gasteiger partial charge in [-0.2, -0.15) is 0 Å². The Kier molecular flexibility index (Phi) is 3.22. The minimum atomic E-state index is -0.367. The average Bonchev–Trinajstić information content (AvgIpc) is 3.11. The highest BCUT2D eigenvalue weighted by Crippen LogP contribution is 2.64. The maximum atomic E-state index is 12.4. The number of ether oxygens (including phenoxy) is 1. The van der Waals surface area contributed by atoms with Gasteiger partial charge >= 0.3 is 6.09 Å². The molecule has 1 aromatic rings. The molecule has 2 fully saturated rings. The number of carbonyl (C=O) groups excluding carboxylic acids is 1. The van der Waals surface area contributed by atoms with Gasteiger partial charge in [0.25, 0.3) is 0 Å². The van der Waals surface area contributed by atoms with Crippen molar-refractivity contribution in [3.63, 3.8) is 0 Å². The van der Waals surface area contributed by atoms with Crippen molar-refractivity contribution in [1.29, 1.82) is 0 Å². The van der Waals surface area contributed by atoms with Crippen LogP contribution in [0.5, 0.6) is 0 Å². The maximum Gasteiger partial charge on any atom is 0.418 e. The molecule has 0 heterocycles. The number of fused-ring (bicyclic) bond motifs is 5. The molecular weight excluding hydrogens is 278 g/mol. The quantitative estimate of drug-likeness (QED) is 0.932. The minimum Gasteiger partial charge on any atom is -0.452 e. The van der Waals surface area contributed by atoms with E-state index in [1.807, 2.05) is 30.3 Å². The molecule has 0 saturated heterocycles. The molecule has 0 unspecified atom stereocenters. The molecule has 2 saturated carbocycles. The minimum absolute atomic E-state index is 0.0417. The van der Waals surface area contributed by atoms with E-state index in [1.54, 1.807) is 4.90 Å². The Morgan fingerprint density at radius 1 is 1.23 bits per heavy atom. The Hall–Kier alpha value is -1.81. The number of benzene rings is 1. The zero-order valence-corrected chi connectivity index (χ0v) is 12.7. The highest BCUT2D eigenvalue weighted by atomic mass is 16.5. The van der Waals surface area contributed by atoms with E-state index < -0.39 is 0 Å². The Bertz CT molecular complexity index is 624. The summed E-state index contributed by atoms with van der Waals surface area (Å²) in [6.45, 7) is 0.0417. The molecule has 4 atom stereocenters. The van der Waals surface area contributed by atoms with Crippen molar-refractivity contribution in [2.75, 3.05) is 18.6 Å². The second kappa shape index (κ2) is 5.13. The van der Waals surface area contributed by atoms with Crippen LogP contribution in [0.25, 0.3) is 0 Å². The second-order valence-corrected chi connectivity index (χ2v) is 6.59. The summed E-state index contributed by atoms with van der Waals surface area (Å²) in [6.07, 6.45) is 3.39. The van der Waals surface area contributed by atoms with Gasteiger partial charge in [-0.3, -0.25) is 0 Å². The number of para-hydroxylation sites is 1. The lowest BCUT2D eigenvalue weighted by molar-refractivity contribution is 0.168. The number of anilines is 1. The van der Waals surface area contributed by atoms with Crippen molar-refractivity contribution < 1.29 is 14.6 Å². The molecule has 3 aliphatic rings. The Morgan fingerprint density at radius 3 is 2.55 bits per heavy atom. The third-order valence-corrected chi connectivity index (χ3v) is 5.75. The molecular formula is C18H21NO3. The van der Waals surface area contributed by atoms with Crippen LogP contribution in [0.15, 0.2) is 41.6 Å². The van der Waals surface area contributed by atoms with Gasteiger partial charge in [0, 0.05) is 11.6 Å². The lowest BCUT2D eigenvalue weighted by Gasteiger charge is -2.47. The van der Waals surface area contributed by atoms with Gasteiger partial charge in [0.1, 0.15) is 0 Å². The molecule has 0 aromatic heterocycles. The molecule has 1 aromatic carbocycles. The number of aliphatic hydroxyl groups is 1. The molecule has 0 aliphatic heterocycles. The molecule has 4 nitrogen and oxygen atoms in total. The van der Waals surface area contributed by atoms with Gasteiger partial charge in [-0.05, 0) is 54.7 Å². The summed E-state index contributed by atoms with van der Waals surface area (Å²) in [5, 5.41) is 9.85. The van der Waals surface area contributed by atoms with Crippen molar-refractivity contribution in [2.45, 2.75) is 19.3 Å². The fraction of sp³-hybridized carbons (Fsp3) is 0.500. The van der Waals surface area contributed by atoms with Crippen LogP contribution < -0.4 is 4.90 Å². The van der Waals surface area contributed by atoms with E-state index in [0.29, 0.717) is 23.7 Å². The molecule has 116 valence electrons. The number of carbonyl (C=O) groups is 1. The van der Waals surface area contributed by atoms with Gasteiger partial charge in [-0.25, -0.2) is 9.69 Å². The first-order chi connectivity index (χ1) is 10.8. The number of nitrogens with zero attached hydrogens (tertiary/aromatic N) is 1. The first-order valence-electron chi connectivity index (χ1n) is 8.03. The van der Waals surface area contributed by atoms with E-state index in [1.165, 1.54) is 26.4 Å². The van der Waals surface area contributed by atoms with Gasteiger partial charge in [-0.15, -0.1) is 0 Å². The molecule has 0 spiro atoms. The van der Waals surface area contributed by atoms with Gasteiger partial charge < -0.3 is 9.84 Å². The zero-order valence-electron chi connectivity index (χ0n) is 12.7. The van der Waals surface area contributed by atoms with E-state index >= 15 is 0 Å². The highest BCUT2D eigenvalue weighted by Gasteiger charge is 2.58. The normalized spacial score (nSPS) is 31.7. The van der Waals surface area contributed by atoms with Crippen molar-refractivity contribution in [1.82, 2.24) is 0 Å². The monoisotopic (exact) mass is 299 g/mol. The van der Waals surface area contributed by atoms with E-state index in [-0.39, 0.29) is 12.7 Å². The number of aliphatic hydroxyl groups excluding tert-OH is 1. The van der Waals surface area contributed by atoms with Crippen molar-refractivity contribution in [2.24, 2.45) is 23.7 Å². The number of amides is 1. The van der Waals surface area contributed by atoms with Crippen LogP contribution in [0.2, 0.25) is 0 Å². The summed E-state index contributed by atoms with van der Waals surface area (Å²) in [6, 6.07) is 9.60. The predicted molar refractivity (Wildman–Crippen MR) is 83.2 cm³/mol. The Balaban J connectivity index is 1.78. The predicted octanol–water partition coefficient (Wildman–Crippen LogP) is 3.18. The van der Waals surface area contributed by atoms with Crippen molar-refractivity contribution in [3.8, 4) is 0 Å². The number of allylic oxidation sites excluding steroid dienone is 1. The molecule has 3 aliphatic carbocycles. The molecule has 1 amide bonds. The maximum absolute atomic E-state index is 12.4. The molecule has 1 N–H and O–H groups in total. The first kappa shape index (κ1) is 13.8. The molecule has 22 heavy (non-hydrogen) atoms. The van der Waals surface area contributed by atoms with Gasteiger partial charge in [0.2, 0.25) is 0 Å². The summed E-state index contributed by atoms with van der Waals surface area (Å²) in [5.41, 5.74) is 2.86. The van der Waals surface area contributed by atoms with Crippen LogP contribution in [0.4, 0.5) is 10.5 Å². The number of rotatable bonds is 3. The summed E-state index contributed by atoms with van der Waals surface area (Å²) in [5.74, 6) is 2.27. The van der Waals surface area contributed by atoms with Gasteiger partial charge in [0.05, 0.1) is 19.4 Å². The van der Waals surface area contributed by atoms with E-state index in [0.717, 1.165) is 17.0 Å². The SMILES string of the molecule is COC(=O)N(C1=C(CO)[C@H]2[C@@H]3CC[C@@H](C3)[C@@H]12)c1ccccc1. The first-order valence-corrected chi connectivity index (χ1v) is 8.03. The van der Waals surface area contributed by atoms with E-state index in [9.17, 15) is 9.90 Å². The summed E-state index contributed by atoms with van der Waals surface area (Å²) in [7, 11) is 1.41. The highest BCUT2D eigenvalue weighted by molar-refractivity contribution is 5.92. The molecule has 4 heteroatoms. The van der Waals surface area contributed by atoms with Crippen LogP contribution in [0.1, 0.15) is 19.3 Å². The smallest absolute Gasteiger partial charge is 0.418 e. The molecule has 4 rings (SSSR count). The number of hydrogen-bond acceptors (Lipinski definition) is 3. The van der Waals surface area contributed by atoms with Crippen LogP contribution in [0, 0.1) is 23.7 Å². The second-order valence-electron chi connectivity index (χ2n) is 6.59. The third kappa shape index (κ3) is 1.76. The number of hydrogen-bond donors (Lipinski definition) is 1. The standard InChI is InChI=1S/C18H21NO3/c1-22-18(21)19(13-5-3-2-4-6-13)17-14(10-20)15-11-7-8-12(9-11)16(15)17/h2-6,11-12,15-16,20H,7-10H2,1H3/t11-,12+,15-,16-/m1/s1. The average molecular weight is 299 g/mol. The fourth-order valence-corrected chi connectivity index (χ4v) is 4.96. The number of methoxy groups -OCH3 is 1. The zero-order chi connectivity index (χ0) is 15.3. The molecule has 0 radical (unpaired) electrons. The summed E-state index contributed by atoms with van der Waals surface area (Å²) < 4.78 is 5.02. The Labute approximate surface area is 130 Å². The third-order valence-electron chi connectivity index (χ3n) is 5.75. The fourth-order valence-electron chi connectivity index (χ4n) is 4.96. The van der Waals surface area contributed by atoms with Crippen molar-refractivity contribution >= 4 is 11.8 Å². The van der Waals surface area contributed by atoms with Crippen LogP contribution in [-0.2, 0) is 4.74 Å².